The van der Waals surface area contributed by atoms with E-state index < -0.39 is 0 Å². The molecule has 0 amide bonds. The minimum atomic E-state index is 0.437. The molecule has 0 aliphatic carbocycles. The van der Waals surface area contributed by atoms with Crippen molar-refractivity contribution in [3.05, 3.63) is 34.6 Å². The first-order valence-corrected chi connectivity index (χ1v) is 5.65. The van der Waals surface area contributed by atoms with E-state index in [2.05, 4.69) is 10.1 Å². The van der Waals surface area contributed by atoms with Gasteiger partial charge in [-0.25, -0.2) is 4.98 Å². The summed E-state index contributed by atoms with van der Waals surface area (Å²) in [6.45, 7) is 2.45. The van der Waals surface area contributed by atoms with E-state index in [9.17, 15) is 0 Å². The Bertz CT molecular complexity index is 537. The summed E-state index contributed by atoms with van der Waals surface area (Å²) >= 11 is 6.15. The molecule has 0 N–H and O–H groups in total. The Balaban J connectivity index is 2.45. The van der Waals surface area contributed by atoms with Crippen molar-refractivity contribution < 1.29 is 4.74 Å². The standard InChI is InChI=1S/C12H14ClN3O/c1-8-4-5-10(13)9(6-8)12-14-11(7-17-3)16(2)15-12/h4-6H,7H2,1-3H3. The second-order valence-corrected chi connectivity index (χ2v) is 4.30. The van der Waals surface area contributed by atoms with Crippen LogP contribution in [0.25, 0.3) is 11.4 Å². The molecule has 0 unspecified atom stereocenters. The van der Waals surface area contributed by atoms with E-state index in [-0.39, 0.29) is 0 Å². The molecule has 0 bridgehead atoms. The van der Waals surface area contributed by atoms with Crippen molar-refractivity contribution in [2.24, 2.45) is 7.05 Å². The molecule has 2 aromatic rings. The normalized spacial score (nSPS) is 10.8. The summed E-state index contributed by atoms with van der Waals surface area (Å²) in [5.74, 6) is 1.41. The number of ether oxygens (including phenoxy) is 1. The number of benzene rings is 1. The summed E-state index contributed by atoms with van der Waals surface area (Å²) in [7, 11) is 3.47. The number of methoxy groups -OCH3 is 1. The van der Waals surface area contributed by atoms with E-state index in [0.29, 0.717) is 17.5 Å². The second-order valence-electron chi connectivity index (χ2n) is 3.89. The van der Waals surface area contributed by atoms with Gasteiger partial charge in [-0.15, -0.1) is 0 Å². The predicted octanol–water partition coefficient (Wildman–Crippen LogP) is 2.59. The quantitative estimate of drug-likeness (QED) is 0.842. The largest absolute Gasteiger partial charge is 0.377 e. The Labute approximate surface area is 105 Å². The SMILES string of the molecule is COCc1nc(-c2cc(C)ccc2Cl)nn1C. The zero-order valence-corrected chi connectivity index (χ0v) is 10.8. The van der Waals surface area contributed by atoms with Crippen molar-refractivity contribution in [3.63, 3.8) is 0 Å². The van der Waals surface area contributed by atoms with Gasteiger partial charge in [0.2, 0.25) is 0 Å². The van der Waals surface area contributed by atoms with Crippen molar-refractivity contribution in [3.8, 4) is 11.4 Å². The van der Waals surface area contributed by atoms with Gasteiger partial charge in [0.05, 0.1) is 5.02 Å². The van der Waals surface area contributed by atoms with E-state index in [1.165, 1.54) is 0 Å². The molecule has 0 saturated heterocycles. The van der Waals surface area contributed by atoms with Crippen LogP contribution in [0.4, 0.5) is 0 Å². The maximum atomic E-state index is 6.15. The molecule has 0 atom stereocenters. The van der Waals surface area contributed by atoms with Gasteiger partial charge < -0.3 is 4.74 Å². The third-order valence-electron chi connectivity index (χ3n) is 2.49. The van der Waals surface area contributed by atoms with Gasteiger partial charge in [-0.3, -0.25) is 4.68 Å². The number of aromatic nitrogens is 3. The molecule has 1 aromatic heterocycles. The van der Waals surface area contributed by atoms with Gasteiger partial charge in [-0.05, 0) is 19.1 Å². The Morgan fingerprint density at radius 3 is 2.88 bits per heavy atom. The fourth-order valence-corrected chi connectivity index (χ4v) is 1.80. The summed E-state index contributed by atoms with van der Waals surface area (Å²) in [6, 6.07) is 5.80. The third-order valence-corrected chi connectivity index (χ3v) is 2.82. The molecule has 5 heteroatoms. The maximum absolute atomic E-state index is 6.15. The number of hydrogen-bond acceptors (Lipinski definition) is 3. The highest BCUT2D eigenvalue weighted by molar-refractivity contribution is 6.33. The Hall–Kier alpha value is -1.39. The van der Waals surface area contributed by atoms with Crippen molar-refractivity contribution in [2.75, 3.05) is 7.11 Å². The maximum Gasteiger partial charge on any atom is 0.182 e. The van der Waals surface area contributed by atoms with Gasteiger partial charge >= 0.3 is 0 Å². The van der Waals surface area contributed by atoms with Crippen LogP contribution in [-0.4, -0.2) is 21.9 Å². The lowest BCUT2D eigenvalue weighted by molar-refractivity contribution is 0.174. The first-order chi connectivity index (χ1) is 8.11. The van der Waals surface area contributed by atoms with Crippen molar-refractivity contribution in [2.45, 2.75) is 13.5 Å². The fourth-order valence-electron chi connectivity index (χ4n) is 1.60. The van der Waals surface area contributed by atoms with E-state index in [4.69, 9.17) is 16.3 Å². The van der Waals surface area contributed by atoms with Crippen molar-refractivity contribution in [1.82, 2.24) is 14.8 Å². The topological polar surface area (TPSA) is 39.9 Å². The molecule has 17 heavy (non-hydrogen) atoms. The summed E-state index contributed by atoms with van der Waals surface area (Å²) < 4.78 is 6.76. The van der Waals surface area contributed by atoms with Gasteiger partial charge in [-0.2, -0.15) is 5.10 Å². The summed E-state index contributed by atoms with van der Waals surface area (Å²) in [6.07, 6.45) is 0. The summed E-state index contributed by atoms with van der Waals surface area (Å²) in [5, 5.41) is 5.00. The number of aryl methyl sites for hydroxylation is 2. The minimum Gasteiger partial charge on any atom is -0.377 e. The van der Waals surface area contributed by atoms with Crippen LogP contribution in [0.1, 0.15) is 11.4 Å². The summed E-state index contributed by atoms with van der Waals surface area (Å²) in [5.41, 5.74) is 1.98. The molecule has 0 fully saturated rings. The number of nitrogens with zero attached hydrogens (tertiary/aromatic N) is 3. The Morgan fingerprint density at radius 1 is 1.41 bits per heavy atom. The highest BCUT2D eigenvalue weighted by Crippen LogP contribution is 2.26. The molecule has 1 heterocycles. The molecule has 4 nitrogen and oxygen atoms in total. The van der Waals surface area contributed by atoms with Crippen LogP contribution >= 0.6 is 11.6 Å². The highest BCUT2D eigenvalue weighted by atomic mass is 35.5. The van der Waals surface area contributed by atoms with Gasteiger partial charge in [-0.1, -0.05) is 23.2 Å². The molecule has 0 aliphatic rings. The van der Waals surface area contributed by atoms with E-state index in [1.54, 1.807) is 11.8 Å². The van der Waals surface area contributed by atoms with Crippen LogP contribution in [0.5, 0.6) is 0 Å². The molecular weight excluding hydrogens is 238 g/mol. The smallest absolute Gasteiger partial charge is 0.182 e. The Kier molecular flexibility index (Phi) is 3.45. The molecule has 2 rings (SSSR count). The zero-order chi connectivity index (χ0) is 12.4. The van der Waals surface area contributed by atoms with Gasteiger partial charge in [0.25, 0.3) is 0 Å². The van der Waals surface area contributed by atoms with Crippen LogP contribution in [0, 0.1) is 6.92 Å². The number of hydrogen-bond donors (Lipinski definition) is 0. The number of halogens is 1. The van der Waals surface area contributed by atoms with Gasteiger partial charge in [0.15, 0.2) is 11.6 Å². The first kappa shape index (κ1) is 12.1. The van der Waals surface area contributed by atoms with Gasteiger partial charge in [0.1, 0.15) is 6.61 Å². The van der Waals surface area contributed by atoms with Crippen LogP contribution in [0.15, 0.2) is 18.2 Å². The molecule has 90 valence electrons. The fraction of sp³-hybridized carbons (Fsp3) is 0.333. The third kappa shape index (κ3) is 2.48. The van der Waals surface area contributed by atoms with Crippen LogP contribution in [0.2, 0.25) is 5.02 Å². The van der Waals surface area contributed by atoms with E-state index >= 15 is 0 Å². The molecule has 0 aliphatic heterocycles. The molecule has 0 radical (unpaired) electrons. The zero-order valence-electron chi connectivity index (χ0n) is 10.1. The first-order valence-electron chi connectivity index (χ1n) is 5.27. The lowest BCUT2D eigenvalue weighted by Gasteiger charge is -2.00. The average molecular weight is 252 g/mol. The Morgan fingerprint density at radius 2 is 2.18 bits per heavy atom. The van der Waals surface area contributed by atoms with Crippen molar-refractivity contribution in [1.29, 1.82) is 0 Å². The number of rotatable bonds is 3. The van der Waals surface area contributed by atoms with E-state index in [0.717, 1.165) is 17.0 Å². The monoisotopic (exact) mass is 251 g/mol. The second kappa shape index (κ2) is 4.85. The van der Waals surface area contributed by atoms with Crippen LogP contribution < -0.4 is 0 Å². The van der Waals surface area contributed by atoms with Gasteiger partial charge in [0, 0.05) is 19.7 Å². The van der Waals surface area contributed by atoms with Crippen LogP contribution in [-0.2, 0) is 18.4 Å². The molecule has 0 spiro atoms. The summed E-state index contributed by atoms with van der Waals surface area (Å²) in [4.78, 5) is 4.41. The molecule has 0 saturated carbocycles. The lowest BCUT2D eigenvalue weighted by atomic mass is 10.1. The highest BCUT2D eigenvalue weighted by Gasteiger charge is 2.12. The van der Waals surface area contributed by atoms with Crippen LogP contribution in [0.3, 0.4) is 0 Å². The minimum absolute atomic E-state index is 0.437. The lowest BCUT2D eigenvalue weighted by Crippen LogP contribution is -2.00. The van der Waals surface area contributed by atoms with E-state index in [1.807, 2.05) is 32.2 Å². The molecule has 1 aromatic carbocycles. The molecular formula is C12H14ClN3O. The average Bonchev–Trinajstić information content (AvgIpc) is 2.64. The predicted molar refractivity (Wildman–Crippen MR) is 66.9 cm³/mol. The van der Waals surface area contributed by atoms with Crippen molar-refractivity contribution >= 4 is 11.6 Å².